The fourth-order valence-corrected chi connectivity index (χ4v) is 1.04. The molecule has 0 aromatic heterocycles. The summed E-state index contributed by atoms with van der Waals surface area (Å²) in [5, 5.41) is 0. The number of rotatable bonds is 1. The molecule has 2 heteroatoms. The van der Waals surface area contributed by atoms with Crippen LogP contribution in [0.3, 0.4) is 0 Å². The summed E-state index contributed by atoms with van der Waals surface area (Å²) in [5.41, 5.74) is 3.78. The van der Waals surface area contributed by atoms with Crippen LogP contribution >= 0.6 is 12.6 Å². The minimum atomic E-state index is 1.22. The summed E-state index contributed by atoms with van der Waals surface area (Å²) in [4.78, 5) is 3.98. The average Bonchev–Trinajstić information content (AvgIpc) is 2.15. The fraction of sp³-hybridized carbons (Fsp3) is 0.364. The van der Waals surface area contributed by atoms with Gasteiger partial charge in [-0.3, -0.25) is 4.99 Å². The van der Waals surface area contributed by atoms with Crippen molar-refractivity contribution in [1.82, 2.24) is 0 Å². The van der Waals surface area contributed by atoms with Crippen LogP contribution < -0.4 is 0 Å². The van der Waals surface area contributed by atoms with Gasteiger partial charge < -0.3 is 0 Å². The molecule has 0 aliphatic rings. The quantitative estimate of drug-likeness (QED) is 0.522. The minimum Gasteiger partial charge on any atom is -0.296 e. The van der Waals surface area contributed by atoms with E-state index in [9.17, 15) is 0 Å². The molecule has 1 rings (SSSR count). The molecule has 0 fully saturated rings. The van der Waals surface area contributed by atoms with Gasteiger partial charge in [-0.2, -0.15) is 12.6 Å². The molecule has 0 spiro atoms. The maximum Gasteiger partial charge on any atom is 0.0284 e. The van der Waals surface area contributed by atoms with E-state index in [1.54, 1.807) is 13.3 Å². The Bertz CT molecular complexity index is 279. The number of nitrogens with zero attached hydrogens (tertiary/aromatic N) is 1. The summed E-state index contributed by atoms with van der Waals surface area (Å²) in [7, 11) is 1.79. The van der Waals surface area contributed by atoms with Gasteiger partial charge in [0.15, 0.2) is 0 Å². The molecule has 0 saturated heterocycles. The molecule has 0 radical (unpaired) electrons. The molecule has 0 N–H and O–H groups in total. The summed E-state index contributed by atoms with van der Waals surface area (Å²) in [6.45, 7) is 4.18. The largest absolute Gasteiger partial charge is 0.296 e. The van der Waals surface area contributed by atoms with E-state index in [1.165, 1.54) is 16.7 Å². The van der Waals surface area contributed by atoms with Gasteiger partial charge in [0.1, 0.15) is 0 Å². The smallest absolute Gasteiger partial charge is 0.0284 e. The Hall–Kier alpha value is -0.760. The Morgan fingerprint density at radius 2 is 1.85 bits per heavy atom. The van der Waals surface area contributed by atoms with Gasteiger partial charge in [0.2, 0.25) is 0 Å². The molecule has 0 unspecified atom stereocenters. The van der Waals surface area contributed by atoms with Crippen molar-refractivity contribution in [2.75, 3.05) is 13.3 Å². The first-order valence-electron chi connectivity index (χ1n) is 4.18. The molecule has 72 valence electrons. The van der Waals surface area contributed by atoms with Gasteiger partial charge in [0, 0.05) is 13.3 Å². The highest BCUT2D eigenvalue weighted by molar-refractivity contribution is 7.79. The van der Waals surface area contributed by atoms with Crippen LogP contribution in [0.5, 0.6) is 0 Å². The topological polar surface area (TPSA) is 12.4 Å². The van der Waals surface area contributed by atoms with Crippen molar-refractivity contribution in [3.63, 3.8) is 0 Å². The molecule has 0 atom stereocenters. The van der Waals surface area contributed by atoms with Gasteiger partial charge in [0.05, 0.1) is 0 Å². The van der Waals surface area contributed by atoms with Crippen molar-refractivity contribution in [2.45, 2.75) is 13.8 Å². The molecule has 0 aliphatic carbocycles. The van der Waals surface area contributed by atoms with E-state index in [4.69, 9.17) is 0 Å². The van der Waals surface area contributed by atoms with Crippen molar-refractivity contribution in [3.8, 4) is 0 Å². The van der Waals surface area contributed by atoms with Crippen LogP contribution in [-0.4, -0.2) is 19.5 Å². The number of aliphatic imine (C=N–C) groups is 1. The first-order valence-corrected chi connectivity index (χ1v) is 5.07. The Morgan fingerprint density at radius 1 is 1.23 bits per heavy atom. The number of benzene rings is 1. The zero-order chi connectivity index (χ0) is 10.3. The fourth-order valence-electron chi connectivity index (χ4n) is 1.04. The lowest BCUT2D eigenvalue weighted by Gasteiger charge is -1.99. The maximum absolute atomic E-state index is 3.98. The van der Waals surface area contributed by atoms with E-state index >= 15 is 0 Å². The molecule has 0 heterocycles. The molecule has 0 bridgehead atoms. The van der Waals surface area contributed by atoms with Gasteiger partial charge in [-0.15, -0.1) is 0 Å². The van der Waals surface area contributed by atoms with Crippen molar-refractivity contribution < 1.29 is 0 Å². The Labute approximate surface area is 86.3 Å². The standard InChI is InChI=1S/C10H13N.CH4S/c1-8-4-5-9(2)10(6-8)7-11-3;1-2/h4-7H,1-3H3;2H,1H3. The SMILES string of the molecule is CN=Cc1cc(C)ccc1C.CS. The predicted octanol–water partition coefficient (Wildman–Crippen LogP) is 2.90. The van der Waals surface area contributed by atoms with E-state index in [0.29, 0.717) is 0 Å². The molecular weight excluding hydrogens is 178 g/mol. The van der Waals surface area contributed by atoms with E-state index in [0.717, 1.165) is 0 Å². The van der Waals surface area contributed by atoms with E-state index in [1.807, 2.05) is 6.21 Å². The number of thiol groups is 1. The first-order chi connectivity index (χ1) is 6.24. The van der Waals surface area contributed by atoms with Crippen molar-refractivity contribution >= 4 is 18.8 Å². The van der Waals surface area contributed by atoms with E-state index in [-0.39, 0.29) is 0 Å². The zero-order valence-corrected chi connectivity index (χ0v) is 9.60. The lowest BCUT2D eigenvalue weighted by molar-refractivity contribution is 1.37. The lowest BCUT2D eigenvalue weighted by atomic mass is 10.1. The monoisotopic (exact) mass is 195 g/mol. The van der Waals surface area contributed by atoms with Gasteiger partial charge in [0.25, 0.3) is 0 Å². The number of aryl methyl sites for hydroxylation is 2. The molecule has 0 amide bonds. The highest BCUT2D eigenvalue weighted by Gasteiger charge is 1.93. The third kappa shape index (κ3) is 4.13. The Kier molecular flexibility index (Phi) is 6.33. The summed E-state index contributed by atoms with van der Waals surface area (Å²) >= 11 is 3.53. The zero-order valence-electron chi connectivity index (χ0n) is 8.70. The molecule has 0 aliphatic heterocycles. The summed E-state index contributed by atoms with van der Waals surface area (Å²) in [6, 6.07) is 6.37. The first kappa shape index (κ1) is 12.2. The molecule has 1 nitrogen and oxygen atoms in total. The van der Waals surface area contributed by atoms with Crippen molar-refractivity contribution in [1.29, 1.82) is 0 Å². The van der Waals surface area contributed by atoms with Crippen LogP contribution in [0, 0.1) is 13.8 Å². The van der Waals surface area contributed by atoms with E-state index in [2.05, 4.69) is 49.7 Å². The molecule has 13 heavy (non-hydrogen) atoms. The van der Waals surface area contributed by atoms with Crippen LogP contribution in [0.15, 0.2) is 23.2 Å². The van der Waals surface area contributed by atoms with Crippen molar-refractivity contribution in [2.24, 2.45) is 4.99 Å². The summed E-state index contributed by atoms with van der Waals surface area (Å²) in [5.74, 6) is 0. The van der Waals surface area contributed by atoms with Crippen LogP contribution in [0.4, 0.5) is 0 Å². The maximum atomic E-state index is 3.98. The van der Waals surface area contributed by atoms with Crippen LogP contribution in [0.1, 0.15) is 16.7 Å². The number of hydrogen-bond acceptors (Lipinski definition) is 2. The molecule has 1 aromatic carbocycles. The third-order valence-electron chi connectivity index (χ3n) is 1.70. The molecule has 0 saturated carbocycles. The highest BCUT2D eigenvalue weighted by Crippen LogP contribution is 2.07. The predicted molar refractivity (Wildman–Crippen MR) is 64.3 cm³/mol. The minimum absolute atomic E-state index is 1.22. The van der Waals surface area contributed by atoms with Crippen LogP contribution in [0.2, 0.25) is 0 Å². The van der Waals surface area contributed by atoms with E-state index < -0.39 is 0 Å². The van der Waals surface area contributed by atoms with Gasteiger partial charge in [-0.1, -0.05) is 23.8 Å². The Balaban J connectivity index is 0.000000671. The van der Waals surface area contributed by atoms with Gasteiger partial charge in [-0.05, 0) is 31.2 Å². The highest BCUT2D eigenvalue weighted by atomic mass is 32.1. The third-order valence-corrected chi connectivity index (χ3v) is 1.70. The van der Waals surface area contributed by atoms with Gasteiger partial charge in [-0.25, -0.2) is 0 Å². The Morgan fingerprint density at radius 3 is 2.38 bits per heavy atom. The van der Waals surface area contributed by atoms with Crippen LogP contribution in [0.25, 0.3) is 0 Å². The summed E-state index contributed by atoms with van der Waals surface area (Å²) in [6.07, 6.45) is 3.59. The van der Waals surface area contributed by atoms with Crippen LogP contribution in [-0.2, 0) is 0 Å². The molecular formula is C11H17NS. The second-order valence-corrected chi connectivity index (χ2v) is 2.75. The molecule has 1 aromatic rings. The van der Waals surface area contributed by atoms with Gasteiger partial charge >= 0.3 is 0 Å². The summed E-state index contributed by atoms with van der Waals surface area (Å²) < 4.78 is 0. The average molecular weight is 195 g/mol. The second kappa shape index (κ2) is 6.72. The normalized spacial score (nSPS) is 9.62. The van der Waals surface area contributed by atoms with Crippen molar-refractivity contribution in [3.05, 3.63) is 34.9 Å². The lowest BCUT2D eigenvalue weighted by Crippen LogP contribution is -1.87. The number of hydrogen-bond donors (Lipinski definition) is 1. The second-order valence-electron chi connectivity index (χ2n) is 2.75.